The van der Waals surface area contributed by atoms with Gasteiger partial charge in [-0.05, 0) is 50.1 Å². The maximum Gasteiger partial charge on any atom is 0.264 e. The van der Waals surface area contributed by atoms with Crippen LogP contribution in [-0.4, -0.2) is 44.3 Å². The second-order valence-electron chi connectivity index (χ2n) is 8.60. The maximum atomic E-state index is 13.9. The molecule has 0 radical (unpaired) electrons. The number of hydrogen-bond acceptors (Lipinski definition) is 4. The largest absolute Gasteiger partial charge is 0.355 e. The number of sulfonamides is 1. The van der Waals surface area contributed by atoms with E-state index in [0.717, 1.165) is 15.4 Å². The van der Waals surface area contributed by atoms with Crippen LogP contribution in [0.4, 0.5) is 5.69 Å². The smallest absolute Gasteiger partial charge is 0.264 e. The second-order valence-corrected chi connectivity index (χ2v) is 10.9. The minimum atomic E-state index is -4.16. The molecule has 0 bridgehead atoms. The molecule has 0 fully saturated rings. The maximum absolute atomic E-state index is 13.9. The van der Waals surface area contributed by atoms with E-state index in [1.807, 2.05) is 44.2 Å². The van der Waals surface area contributed by atoms with Crippen molar-refractivity contribution in [2.75, 3.05) is 17.4 Å². The highest BCUT2D eigenvalue weighted by Crippen LogP contribution is 2.31. The van der Waals surface area contributed by atoms with Crippen molar-refractivity contribution in [2.24, 2.45) is 0 Å². The van der Waals surface area contributed by atoms with Crippen LogP contribution < -0.4 is 9.62 Å². The molecule has 0 aliphatic carbocycles. The Kier molecular flexibility index (Phi) is 9.72. The summed E-state index contributed by atoms with van der Waals surface area (Å²) in [5.74, 6) is -0.808. The van der Waals surface area contributed by atoms with E-state index in [9.17, 15) is 18.0 Å². The monoisotopic (exact) mass is 541 g/mol. The Morgan fingerprint density at radius 2 is 1.54 bits per heavy atom. The minimum Gasteiger partial charge on any atom is -0.355 e. The molecule has 1 atom stereocenters. The third-order valence-electron chi connectivity index (χ3n) is 5.94. The van der Waals surface area contributed by atoms with E-state index in [0.29, 0.717) is 13.0 Å². The van der Waals surface area contributed by atoms with Gasteiger partial charge in [0.1, 0.15) is 12.6 Å². The Hall–Kier alpha value is -3.36. The van der Waals surface area contributed by atoms with Gasteiger partial charge in [-0.25, -0.2) is 8.42 Å². The first-order chi connectivity index (χ1) is 17.7. The number of likely N-dealkylation sites (N-methyl/N-ethyl adjacent to an activating group) is 1. The van der Waals surface area contributed by atoms with E-state index in [2.05, 4.69) is 5.32 Å². The Bertz CT molecular complexity index is 1310. The topological polar surface area (TPSA) is 86.8 Å². The van der Waals surface area contributed by atoms with Crippen molar-refractivity contribution < 1.29 is 18.0 Å². The van der Waals surface area contributed by atoms with Crippen LogP contribution in [0.1, 0.15) is 31.4 Å². The lowest BCUT2D eigenvalue weighted by Gasteiger charge is -2.33. The highest BCUT2D eigenvalue weighted by atomic mass is 35.5. The zero-order valence-electron chi connectivity index (χ0n) is 21.2. The van der Waals surface area contributed by atoms with Gasteiger partial charge < -0.3 is 10.2 Å². The standard InChI is InChI=1S/C28H32ClN3O4S/c1-4-25(28(34)30-5-2)31(19-22-11-7-6-8-12-22)27(33)20-32(26-14-10-9-13-24(26)29)37(35,36)23-17-15-21(3)16-18-23/h6-18,25H,4-5,19-20H2,1-3H3,(H,30,34)/t25-/m1/s1. The van der Waals surface area contributed by atoms with E-state index in [1.165, 1.54) is 17.0 Å². The molecule has 9 heteroatoms. The van der Waals surface area contributed by atoms with Gasteiger partial charge in [0.05, 0.1) is 15.6 Å². The van der Waals surface area contributed by atoms with E-state index in [4.69, 9.17) is 11.6 Å². The summed E-state index contributed by atoms with van der Waals surface area (Å²) in [5.41, 5.74) is 1.91. The van der Waals surface area contributed by atoms with E-state index < -0.39 is 28.5 Å². The van der Waals surface area contributed by atoms with Crippen molar-refractivity contribution in [2.45, 2.75) is 44.7 Å². The summed E-state index contributed by atoms with van der Waals surface area (Å²) < 4.78 is 28.6. The van der Waals surface area contributed by atoms with Crippen molar-refractivity contribution in [3.05, 3.63) is 95.0 Å². The van der Waals surface area contributed by atoms with Crippen LogP contribution in [0, 0.1) is 6.92 Å². The number of aryl methyl sites for hydroxylation is 1. The number of rotatable bonds is 11. The van der Waals surface area contributed by atoms with Crippen LogP contribution in [0.5, 0.6) is 0 Å². The fourth-order valence-corrected chi connectivity index (χ4v) is 5.72. The SMILES string of the molecule is CCNC(=O)[C@@H](CC)N(Cc1ccccc1)C(=O)CN(c1ccccc1Cl)S(=O)(=O)c1ccc(C)cc1. The van der Waals surface area contributed by atoms with Crippen LogP contribution in [0.15, 0.2) is 83.8 Å². The van der Waals surface area contributed by atoms with E-state index in [-0.39, 0.29) is 28.1 Å². The summed E-state index contributed by atoms with van der Waals surface area (Å²) >= 11 is 6.42. The summed E-state index contributed by atoms with van der Waals surface area (Å²) in [6, 6.07) is 21.4. The number of amides is 2. The molecule has 7 nitrogen and oxygen atoms in total. The number of para-hydroxylation sites is 1. The third-order valence-corrected chi connectivity index (χ3v) is 8.04. The Balaban J connectivity index is 2.06. The number of carbonyl (C=O) groups excluding carboxylic acids is 2. The fourth-order valence-electron chi connectivity index (χ4n) is 4.00. The molecule has 1 N–H and O–H groups in total. The normalized spacial score (nSPS) is 12.0. The quantitative estimate of drug-likeness (QED) is 0.378. The summed E-state index contributed by atoms with van der Waals surface area (Å²) in [4.78, 5) is 28.3. The molecule has 2 amide bonds. The van der Waals surface area contributed by atoms with Crippen molar-refractivity contribution in [3.8, 4) is 0 Å². The average Bonchev–Trinajstić information content (AvgIpc) is 2.88. The molecule has 3 aromatic carbocycles. The van der Waals surface area contributed by atoms with Gasteiger partial charge in [-0.3, -0.25) is 13.9 Å². The number of halogens is 1. The molecule has 3 aromatic rings. The van der Waals surface area contributed by atoms with E-state index in [1.54, 1.807) is 43.3 Å². The summed E-state index contributed by atoms with van der Waals surface area (Å²) in [7, 11) is -4.16. The molecule has 0 aromatic heterocycles. The lowest BCUT2D eigenvalue weighted by Crippen LogP contribution is -2.52. The number of nitrogens with one attached hydrogen (secondary N) is 1. The van der Waals surface area contributed by atoms with Crippen LogP contribution >= 0.6 is 11.6 Å². The molecule has 0 spiro atoms. The molecule has 0 unspecified atom stereocenters. The van der Waals surface area contributed by atoms with Crippen molar-refractivity contribution >= 4 is 39.1 Å². The number of hydrogen-bond donors (Lipinski definition) is 1. The Morgan fingerprint density at radius 1 is 0.919 bits per heavy atom. The predicted octanol–water partition coefficient (Wildman–Crippen LogP) is 4.79. The Labute approximate surface area is 224 Å². The molecule has 37 heavy (non-hydrogen) atoms. The first-order valence-electron chi connectivity index (χ1n) is 12.1. The highest BCUT2D eigenvalue weighted by molar-refractivity contribution is 7.92. The predicted molar refractivity (Wildman–Crippen MR) is 147 cm³/mol. The van der Waals surface area contributed by atoms with Crippen LogP contribution in [0.2, 0.25) is 5.02 Å². The first kappa shape index (κ1) is 28.2. The summed E-state index contributed by atoms with van der Waals surface area (Å²) in [5, 5.41) is 2.98. The lowest BCUT2D eigenvalue weighted by atomic mass is 10.1. The zero-order valence-corrected chi connectivity index (χ0v) is 22.8. The van der Waals surface area contributed by atoms with Gasteiger partial charge in [-0.15, -0.1) is 0 Å². The Morgan fingerprint density at radius 3 is 2.14 bits per heavy atom. The number of benzene rings is 3. The lowest BCUT2D eigenvalue weighted by molar-refractivity contribution is -0.140. The zero-order chi connectivity index (χ0) is 27.0. The third kappa shape index (κ3) is 6.90. The molecule has 0 heterocycles. The fraction of sp³-hybridized carbons (Fsp3) is 0.286. The molecular formula is C28H32ClN3O4S. The van der Waals surface area contributed by atoms with Gasteiger partial charge in [0, 0.05) is 13.1 Å². The average molecular weight is 542 g/mol. The van der Waals surface area contributed by atoms with Crippen molar-refractivity contribution in [3.63, 3.8) is 0 Å². The molecule has 3 rings (SSSR count). The first-order valence-corrected chi connectivity index (χ1v) is 14.0. The number of nitrogens with zero attached hydrogens (tertiary/aromatic N) is 2. The molecule has 0 aliphatic rings. The molecule has 0 saturated carbocycles. The van der Waals surface area contributed by atoms with Gasteiger partial charge in [0.25, 0.3) is 10.0 Å². The van der Waals surface area contributed by atoms with Crippen LogP contribution in [-0.2, 0) is 26.2 Å². The van der Waals surface area contributed by atoms with Crippen molar-refractivity contribution in [1.82, 2.24) is 10.2 Å². The molecule has 196 valence electrons. The van der Waals surface area contributed by atoms with Crippen LogP contribution in [0.25, 0.3) is 0 Å². The van der Waals surface area contributed by atoms with Gasteiger partial charge >= 0.3 is 0 Å². The molecule has 0 saturated heterocycles. The van der Waals surface area contributed by atoms with Gasteiger partial charge in [0.2, 0.25) is 11.8 Å². The van der Waals surface area contributed by atoms with Gasteiger partial charge in [-0.1, -0.05) is 78.7 Å². The van der Waals surface area contributed by atoms with Crippen LogP contribution in [0.3, 0.4) is 0 Å². The number of carbonyl (C=O) groups is 2. The summed E-state index contributed by atoms with van der Waals surface area (Å²) in [6.07, 6.45) is 0.362. The summed E-state index contributed by atoms with van der Waals surface area (Å²) in [6.45, 7) is 5.52. The number of anilines is 1. The highest BCUT2D eigenvalue weighted by Gasteiger charge is 2.34. The van der Waals surface area contributed by atoms with E-state index >= 15 is 0 Å². The molecular weight excluding hydrogens is 510 g/mol. The second kappa shape index (κ2) is 12.7. The minimum absolute atomic E-state index is 0.0381. The van der Waals surface area contributed by atoms with Gasteiger partial charge in [-0.2, -0.15) is 0 Å². The molecule has 0 aliphatic heterocycles. The van der Waals surface area contributed by atoms with Gasteiger partial charge in [0.15, 0.2) is 0 Å². The van der Waals surface area contributed by atoms with Crippen molar-refractivity contribution in [1.29, 1.82) is 0 Å².